The number of carboxylic acids is 1. The smallest absolute Gasteiger partial charge is 0.323 e. The van der Waals surface area contributed by atoms with Gasteiger partial charge in [-0.3, -0.25) is 9.59 Å². The van der Waals surface area contributed by atoms with E-state index >= 15 is 0 Å². The zero-order valence-electron chi connectivity index (χ0n) is 10.8. The lowest BCUT2D eigenvalue weighted by Crippen LogP contribution is -2.49. The number of primary amides is 1. The molecule has 7 nitrogen and oxygen atoms in total. The van der Waals surface area contributed by atoms with Crippen LogP contribution in [0.5, 0.6) is 0 Å². The summed E-state index contributed by atoms with van der Waals surface area (Å²) in [6.07, 6.45) is 2.11. The van der Waals surface area contributed by atoms with Crippen LogP contribution in [0.1, 0.15) is 19.8 Å². The summed E-state index contributed by atoms with van der Waals surface area (Å²) in [5, 5.41) is 11.4. The third kappa shape index (κ3) is 5.37. The minimum Gasteiger partial charge on any atom is -0.480 e. The summed E-state index contributed by atoms with van der Waals surface area (Å²) >= 11 is 1.78. The van der Waals surface area contributed by atoms with Crippen molar-refractivity contribution in [1.82, 2.24) is 10.2 Å². The lowest BCUT2D eigenvalue weighted by atomic mass is 10.1. The molecular formula is C11H19N3O4S. The molecule has 0 saturated carbocycles. The second-order valence-electron chi connectivity index (χ2n) is 4.78. The van der Waals surface area contributed by atoms with Crippen LogP contribution in [0.4, 0.5) is 4.79 Å². The lowest BCUT2D eigenvalue weighted by Gasteiger charge is -2.26. The molecule has 1 unspecified atom stereocenters. The second-order valence-corrected chi connectivity index (χ2v) is 6.46. The van der Waals surface area contributed by atoms with Gasteiger partial charge in [-0.15, -0.1) is 0 Å². The van der Waals surface area contributed by atoms with Crippen LogP contribution < -0.4 is 11.1 Å². The molecule has 0 aromatic heterocycles. The molecular weight excluding hydrogens is 270 g/mol. The van der Waals surface area contributed by atoms with Gasteiger partial charge < -0.3 is 21.1 Å². The van der Waals surface area contributed by atoms with Crippen molar-refractivity contribution in [3.63, 3.8) is 0 Å². The Morgan fingerprint density at radius 3 is 2.58 bits per heavy atom. The van der Waals surface area contributed by atoms with Gasteiger partial charge in [0.05, 0.1) is 0 Å². The quantitative estimate of drug-likeness (QED) is 0.629. The highest BCUT2D eigenvalue weighted by Crippen LogP contribution is 2.36. The fourth-order valence-electron chi connectivity index (χ4n) is 1.90. The molecule has 1 atom stereocenters. The molecule has 3 amide bonds. The van der Waals surface area contributed by atoms with Crippen molar-refractivity contribution in [2.75, 3.05) is 25.4 Å². The van der Waals surface area contributed by atoms with Crippen LogP contribution in [-0.4, -0.2) is 58.0 Å². The van der Waals surface area contributed by atoms with E-state index in [-0.39, 0.29) is 4.75 Å². The van der Waals surface area contributed by atoms with E-state index in [1.807, 2.05) is 0 Å². The Hall–Kier alpha value is -1.44. The summed E-state index contributed by atoms with van der Waals surface area (Å²) in [6.45, 7) is 1.56. The molecule has 4 N–H and O–H groups in total. The number of thioether (sulfide) groups is 1. The molecule has 0 radical (unpaired) electrons. The Morgan fingerprint density at radius 1 is 1.42 bits per heavy atom. The highest BCUT2D eigenvalue weighted by molar-refractivity contribution is 8.00. The summed E-state index contributed by atoms with van der Waals surface area (Å²) in [6, 6.07) is -0.574. The maximum absolute atomic E-state index is 11.8. The number of aliphatic carboxylic acids is 1. The van der Waals surface area contributed by atoms with Crippen molar-refractivity contribution in [2.24, 2.45) is 5.73 Å². The van der Waals surface area contributed by atoms with Crippen molar-refractivity contribution >= 4 is 29.7 Å². The molecule has 1 heterocycles. The Balaban J connectivity index is 2.51. The largest absolute Gasteiger partial charge is 0.480 e. The van der Waals surface area contributed by atoms with E-state index in [9.17, 15) is 14.4 Å². The number of carbonyl (C=O) groups excluding carboxylic acids is 2. The van der Waals surface area contributed by atoms with Gasteiger partial charge in [-0.05, 0) is 25.5 Å². The number of nitrogens with one attached hydrogen (secondary N) is 1. The fraction of sp³-hybridized carbons (Fsp3) is 0.727. The van der Waals surface area contributed by atoms with Crippen molar-refractivity contribution < 1.29 is 19.5 Å². The van der Waals surface area contributed by atoms with E-state index in [1.165, 1.54) is 0 Å². The van der Waals surface area contributed by atoms with E-state index in [1.54, 1.807) is 11.8 Å². The van der Waals surface area contributed by atoms with Gasteiger partial charge >= 0.3 is 12.0 Å². The van der Waals surface area contributed by atoms with E-state index in [0.29, 0.717) is 6.54 Å². The Morgan fingerprint density at radius 2 is 2.11 bits per heavy atom. The molecule has 8 heteroatoms. The van der Waals surface area contributed by atoms with Gasteiger partial charge in [0.15, 0.2) is 0 Å². The minimum atomic E-state index is -1.18. The molecule has 1 aliphatic heterocycles. The highest BCUT2D eigenvalue weighted by atomic mass is 32.2. The van der Waals surface area contributed by atoms with Crippen LogP contribution >= 0.6 is 11.8 Å². The molecule has 0 aromatic rings. The predicted octanol–water partition coefficient (Wildman–Crippen LogP) is -0.146. The van der Waals surface area contributed by atoms with Crippen LogP contribution in [0, 0.1) is 0 Å². The molecule has 1 saturated heterocycles. The number of urea groups is 1. The predicted molar refractivity (Wildman–Crippen MR) is 71.9 cm³/mol. The van der Waals surface area contributed by atoms with Crippen LogP contribution in [0.3, 0.4) is 0 Å². The Bertz CT molecular complexity index is 353. The normalized spacial score (nSPS) is 21.9. The average Bonchev–Trinajstić information content (AvgIpc) is 2.71. The molecule has 19 heavy (non-hydrogen) atoms. The number of amides is 3. The Labute approximate surface area is 115 Å². The highest BCUT2D eigenvalue weighted by Gasteiger charge is 2.30. The topological polar surface area (TPSA) is 113 Å². The van der Waals surface area contributed by atoms with Crippen molar-refractivity contribution in [2.45, 2.75) is 24.5 Å². The van der Waals surface area contributed by atoms with Crippen LogP contribution in [0.2, 0.25) is 0 Å². The van der Waals surface area contributed by atoms with Crippen LogP contribution in [0.15, 0.2) is 0 Å². The Kier molecular flexibility index (Phi) is 5.46. The molecule has 0 bridgehead atoms. The molecule has 108 valence electrons. The van der Waals surface area contributed by atoms with Crippen molar-refractivity contribution in [3.8, 4) is 0 Å². The average molecular weight is 289 g/mol. The first kappa shape index (κ1) is 15.6. The maximum Gasteiger partial charge on any atom is 0.323 e. The van der Waals surface area contributed by atoms with Gasteiger partial charge in [-0.1, -0.05) is 0 Å². The minimum absolute atomic E-state index is 0.0166. The van der Waals surface area contributed by atoms with E-state index < -0.39 is 31.0 Å². The number of carbonyl (C=O) groups is 3. The summed E-state index contributed by atoms with van der Waals surface area (Å²) < 4.78 is -0.0166. The summed E-state index contributed by atoms with van der Waals surface area (Å²) in [4.78, 5) is 34.2. The number of nitrogens with zero attached hydrogens (tertiary/aromatic N) is 1. The molecule has 0 spiro atoms. The number of rotatable bonds is 6. The first-order valence-corrected chi connectivity index (χ1v) is 6.98. The van der Waals surface area contributed by atoms with Gasteiger partial charge in [-0.25, -0.2) is 4.79 Å². The summed E-state index contributed by atoms with van der Waals surface area (Å²) in [7, 11) is 0. The molecule has 0 aliphatic carbocycles. The van der Waals surface area contributed by atoms with Crippen LogP contribution in [-0.2, 0) is 9.59 Å². The fourth-order valence-corrected chi connectivity index (χ4v) is 3.15. The molecule has 1 aliphatic rings. The van der Waals surface area contributed by atoms with Gasteiger partial charge in [0.2, 0.25) is 5.91 Å². The second kappa shape index (κ2) is 6.65. The zero-order valence-corrected chi connectivity index (χ0v) is 11.7. The lowest BCUT2D eigenvalue weighted by molar-refractivity contribution is -0.137. The maximum atomic E-state index is 11.8. The summed E-state index contributed by atoms with van der Waals surface area (Å²) in [5.74, 6) is -0.859. The number of nitrogens with two attached hydrogens (primary N) is 1. The SMILES string of the molecule is CC1(CNC(=O)N(CC(N)=O)CC(=O)O)CCCS1. The summed E-state index contributed by atoms with van der Waals surface area (Å²) in [5.41, 5.74) is 4.99. The third-order valence-corrected chi connectivity index (χ3v) is 4.41. The van der Waals surface area contributed by atoms with Crippen molar-refractivity contribution in [3.05, 3.63) is 0 Å². The van der Waals surface area contributed by atoms with Crippen LogP contribution in [0.25, 0.3) is 0 Å². The number of hydrogen-bond donors (Lipinski definition) is 3. The molecule has 0 aromatic carbocycles. The van der Waals surface area contributed by atoms with E-state index in [0.717, 1.165) is 23.5 Å². The first-order valence-electron chi connectivity index (χ1n) is 5.99. The van der Waals surface area contributed by atoms with Crippen molar-refractivity contribution in [1.29, 1.82) is 0 Å². The zero-order chi connectivity index (χ0) is 14.5. The van der Waals surface area contributed by atoms with Gasteiger partial charge in [-0.2, -0.15) is 11.8 Å². The monoisotopic (exact) mass is 289 g/mol. The molecule has 1 fully saturated rings. The van der Waals surface area contributed by atoms with E-state index in [4.69, 9.17) is 10.8 Å². The van der Waals surface area contributed by atoms with Gasteiger partial charge in [0, 0.05) is 11.3 Å². The van der Waals surface area contributed by atoms with Gasteiger partial charge in [0.1, 0.15) is 13.1 Å². The van der Waals surface area contributed by atoms with E-state index in [2.05, 4.69) is 12.2 Å². The number of carboxylic acid groups (broad SMARTS) is 1. The number of hydrogen-bond acceptors (Lipinski definition) is 4. The first-order chi connectivity index (χ1) is 8.82. The van der Waals surface area contributed by atoms with Gasteiger partial charge in [0.25, 0.3) is 0 Å². The molecule has 1 rings (SSSR count). The standard InChI is InChI=1S/C11H19N3O4S/c1-11(3-2-4-19-11)7-13-10(18)14(5-8(12)15)6-9(16)17/h2-7H2,1H3,(H2,12,15)(H,13,18)(H,16,17). The third-order valence-electron chi connectivity index (χ3n) is 2.87.